The molecule has 0 unspecified atom stereocenters. The van der Waals surface area contributed by atoms with Crippen LogP contribution in [0.15, 0.2) is 60.8 Å². The average molecular weight is 367 g/mol. The SMILES string of the molecule is Cc1ccc2[nH]c(-c3cnc4ccc(Nc5ccc(C)c(C)c5)nn34)cc2c1. The fraction of sp³-hybridized carbons (Fsp3) is 0.130. The third-order valence-electron chi connectivity index (χ3n) is 5.19. The molecule has 0 atom stereocenters. The van der Waals surface area contributed by atoms with Gasteiger partial charge in [0.1, 0.15) is 5.69 Å². The van der Waals surface area contributed by atoms with Crippen molar-refractivity contribution in [1.82, 2.24) is 19.6 Å². The minimum atomic E-state index is 0.780. The Morgan fingerprint density at radius 2 is 1.79 bits per heavy atom. The minimum Gasteiger partial charge on any atom is -0.353 e. The van der Waals surface area contributed by atoms with Crippen LogP contribution in [0.2, 0.25) is 0 Å². The molecule has 138 valence electrons. The second kappa shape index (κ2) is 6.23. The number of aromatic nitrogens is 4. The molecule has 0 amide bonds. The van der Waals surface area contributed by atoms with Crippen LogP contribution in [0.1, 0.15) is 16.7 Å². The molecule has 2 N–H and O–H groups in total. The lowest BCUT2D eigenvalue weighted by Crippen LogP contribution is -2.00. The van der Waals surface area contributed by atoms with Crippen molar-refractivity contribution in [2.45, 2.75) is 20.8 Å². The number of hydrogen-bond acceptors (Lipinski definition) is 3. The van der Waals surface area contributed by atoms with Crippen LogP contribution in [-0.4, -0.2) is 19.6 Å². The van der Waals surface area contributed by atoms with E-state index in [0.29, 0.717) is 0 Å². The van der Waals surface area contributed by atoms with Gasteiger partial charge in [-0.05, 0) is 74.4 Å². The van der Waals surface area contributed by atoms with Gasteiger partial charge in [-0.1, -0.05) is 17.7 Å². The molecule has 5 nitrogen and oxygen atoms in total. The smallest absolute Gasteiger partial charge is 0.154 e. The van der Waals surface area contributed by atoms with Crippen LogP contribution in [0.3, 0.4) is 0 Å². The Labute approximate surface area is 163 Å². The van der Waals surface area contributed by atoms with E-state index in [0.717, 1.165) is 34.1 Å². The molecule has 2 aromatic carbocycles. The Morgan fingerprint density at radius 1 is 0.893 bits per heavy atom. The first kappa shape index (κ1) is 16.6. The average Bonchev–Trinajstić information content (AvgIpc) is 3.27. The first-order valence-electron chi connectivity index (χ1n) is 9.36. The van der Waals surface area contributed by atoms with Gasteiger partial charge in [0.15, 0.2) is 11.5 Å². The largest absolute Gasteiger partial charge is 0.353 e. The van der Waals surface area contributed by atoms with Gasteiger partial charge in [0.2, 0.25) is 0 Å². The number of nitrogens with one attached hydrogen (secondary N) is 2. The molecule has 0 radical (unpaired) electrons. The summed E-state index contributed by atoms with van der Waals surface area (Å²) in [5, 5.41) is 9.36. The molecule has 0 bridgehead atoms. The van der Waals surface area contributed by atoms with Crippen molar-refractivity contribution in [2.75, 3.05) is 5.32 Å². The summed E-state index contributed by atoms with van der Waals surface area (Å²) >= 11 is 0. The third-order valence-corrected chi connectivity index (χ3v) is 5.19. The summed E-state index contributed by atoms with van der Waals surface area (Å²) in [5.74, 6) is 0.780. The zero-order valence-electron chi connectivity index (χ0n) is 16.1. The monoisotopic (exact) mass is 367 g/mol. The molecule has 3 aromatic heterocycles. The summed E-state index contributed by atoms with van der Waals surface area (Å²) in [6, 6.07) is 18.8. The molecule has 5 aromatic rings. The Morgan fingerprint density at radius 3 is 2.64 bits per heavy atom. The van der Waals surface area contributed by atoms with E-state index in [9.17, 15) is 0 Å². The number of imidazole rings is 1. The summed E-state index contributed by atoms with van der Waals surface area (Å²) < 4.78 is 1.88. The highest BCUT2D eigenvalue weighted by Crippen LogP contribution is 2.26. The maximum absolute atomic E-state index is 4.77. The van der Waals surface area contributed by atoms with Crippen molar-refractivity contribution >= 4 is 28.1 Å². The molecule has 0 saturated carbocycles. The van der Waals surface area contributed by atoms with Crippen molar-refractivity contribution < 1.29 is 0 Å². The molecule has 28 heavy (non-hydrogen) atoms. The lowest BCUT2D eigenvalue weighted by molar-refractivity contribution is 0.945. The van der Waals surface area contributed by atoms with Crippen LogP contribution in [0.4, 0.5) is 11.5 Å². The molecule has 5 rings (SSSR count). The Hall–Kier alpha value is -3.60. The maximum atomic E-state index is 4.77. The van der Waals surface area contributed by atoms with E-state index in [4.69, 9.17) is 5.10 Å². The van der Waals surface area contributed by atoms with Crippen molar-refractivity contribution in [2.24, 2.45) is 0 Å². The van der Waals surface area contributed by atoms with Gasteiger partial charge in [0, 0.05) is 16.6 Å². The van der Waals surface area contributed by atoms with E-state index in [1.54, 1.807) is 0 Å². The van der Waals surface area contributed by atoms with Crippen LogP contribution in [0, 0.1) is 20.8 Å². The summed E-state index contributed by atoms with van der Waals surface area (Å²) in [4.78, 5) is 7.99. The quantitative estimate of drug-likeness (QED) is 0.440. The van der Waals surface area contributed by atoms with Gasteiger partial charge in [-0.25, -0.2) is 9.50 Å². The van der Waals surface area contributed by atoms with Crippen molar-refractivity contribution in [1.29, 1.82) is 0 Å². The van der Waals surface area contributed by atoms with Crippen LogP contribution < -0.4 is 5.32 Å². The normalized spacial score (nSPS) is 11.4. The number of fused-ring (bicyclic) bond motifs is 2. The molecule has 0 spiro atoms. The van der Waals surface area contributed by atoms with Gasteiger partial charge in [-0.2, -0.15) is 0 Å². The molecule has 0 aliphatic carbocycles. The molecule has 3 heterocycles. The topological polar surface area (TPSA) is 58.0 Å². The summed E-state index contributed by atoms with van der Waals surface area (Å²) in [6.45, 7) is 6.33. The van der Waals surface area contributed by atoms with E-state index < -0.39 is 0 Å². The number of rotatable bonds is 3. The third kappa shape index (κ3) is 2.81. The van der Waals surface area contributed by atoms with E-state index in [1.807, 2.05) is 22.8 Å². The van der Waals surface area contributed by atoms with Gasteiger partial charge < -0.3 is 10.3 Å². The number of anilines is 2. The van der Waals surface area contributed by atoms with Crippen molar-refractivity contribution in [3.8, 4) is 11.4 Å². The fourth-order valence-electron chi connectivity index (χ4n) is 3.48. The number of nitrogens with zero attached hydrogens (tertiary/aromatic N) is 3. The van der Waals surface area contributed by atoms with Gasteiger partial charge in [0.05, 0.1) is 11.9 Å². The highest BCUT2D eigenvalue weighted by molar-refractivity contribution is 5.86. The molecule has 0 saturated heterocycles. The predicted octanol–water partition coefficient (Wildman–Crippen LogP) is 5.55. The molecule has 0 fully saturated rings. The number of aryl methyl sites for hydroxylation is 3. The highest BCUT2D eigenvalue weighted by Gasteiger charge is 2.11. The van der Waals surface area contributed by atoms with Crippen LogP contribution in [0.5, 0.6) is 0 Å². The zero-order chi connectivity index (χ0) is 19.3. The van der Waals surface area contributed by atoms with E-state index in [1.165, 1.54) is 22.1 Å². The number of H-pyrrole nitrogens is 1. The first-order chi connectivity index (χ1) is 13.6. The molecule has 0 aliphatic heterocycles. The summed E-state index contributed by atoms with van der Waals surface area (Å²) in [6.07, 6.45) is 1.86. The molecule has 0 aliphatic rings. The number of aromatic amines is 1. The Bertz CT molecular complexity index is 1330. The number of benzene rings is 2. The Balaban J connectivity index is 1.56. The standard InChI is InChI=1S/C23H21N5/c1-14-4-7-19-17(10-14)12-20(26-19)21-13-24-23-9-8-22(27-28(21)23)25-18-6-5-15(2)16(3)11-18/h4-13,26H,1-3H3,(H,25,27). The fourth-order valence-corrected chi connectivity index (χ4v) is 3.48. The maximum Gasteiger partial charge on any atom is 0.154 e. The lowest BCUT2D eigenvalue weighted by atomic mass is 10.1. The van der Waals surface area contributed by atoms with Crippen LogP contribution in [0.25, 0.3) is 27.9 Å². The van der Waals surface area contributed by atoms with E-state index in [-0.39, 0.29) is 0 Å². The summed E-state index contributed by atoms with van der Waals surface area (Å²) in [5.41, 5.74) is 8.67. The zero-order valence-corrected chi connectivity index (χ0v) is 16.1. The molecular weight excluding hydrogens is 346 g/mol. The second-order valence-corrected chi connectivity index (χ2v) is 7.33. The predicted molar refractivity (Wildman–Crippen MR) is 114 cm³/mol. The van der Waals surface area contributed by atoms with Crippen molar-refractivity contribution in [3.63, 3.8) is 0 Å². The minimum absolute atomic E-state index is 0.780. The van der Waals surface area contributed by atoms with Gasteiger partial charge in [-0.15, -0.1) is 5.10 Å². The highest BCUT2D eigenvalue weighted by atomic mass is 15.3. The summed E-state index contributed by atoms with van der Waals surface area (Å²) in [7, 11) is 0. The van der Waals surface area contributed by atoms with E-state index in [2.05, 4.69) is 78.5 Å². The number of hydrogen-bond donors (Lipinski definition) is 2. The van der Waals surface area contributed by atoms with Crippen molar-refractivity contribution in [3.05, 3.63) is 77.5 Å². The van der Waals surface area contributed by atoms with E-state index >= 15 is 0 Å². The van der Waals surface area contributed by atoms with Gasteiger partial charge >= 0.3 is 0 Å². The lowest BCUT2D eigenvalue weighted by Gasteiger charge is -2.09. The molecular formula is C23H21N5. The van der Waals surface area contributed by atoms with Crippen LogP contribution >= 0.6 is 0 Å². The Kier molecular flexibility index (Phi) is 3.69. The second-order valence-electron chi connectivity index (χ2n) is 7.33. The molecule has 5 heteroatoms. The first-order valence-corrected chi connectivity index (χ1v) is 9.36. The van der Waals surface area contributed by atoms with Crippen LogP contribution in [-0.2, 0) is 0 Å². The van der Waals surface area contributed by atoms with Gasteiger partial charge in [0.25, 0.3) is 0 Å². The van der Waals surface area contributed by atoms with Gasteiger partial charge in [-0.3, -0.25) is 0 Å².